The number of hydrogen-bond donors (Lipinski definition) is 1. The van der Waals surface area contributed by atoms with Crippen molar-refractivity contribution >= 4 is 40.5 Å². The van der Waals surface area contributed by atoms with Crippen molar-refractivity contribution in [2.45, 2.75) is 6.92 Å². The molecule has 2 aromatic rings. The molecule has 2 rings (SSSR count). The van der Waals surface area contributed by atoms with Gasteiger partial charge < -0.3 is 14.8 Å². The van der Waals surface area contributed by atoms with Crippen LogP contribution in [0.1, 0.15) is 15.9 Å². The Morgan fingerprint density at radius 1 is 1.36 bits per heavy atom. The fraction of sp³-hybridized carbons (Fsp3) is 0.200. The molecule has 0 saturated carbocycles. The number of carbonyl (C=O) groups excluding carboxylic acids is 2. The normalized spacial score (nSPS) is 10.1. The number of ether oxygens (including phenoxy) is 2. The second-order valence-electron chi connectivity index (χ2n) is 4.44. The molecule has 116 valence electrons. The van der Waals surface area contributed by atoms with Gasteiger partial charge in [-0.1, -0.05) is 11.6 Å². The topological polar surface area (TPSA) is 64.6 Å². The highest BCUT2D eigenvalue weighted by molar-refractivity contribution is 7.08. The molecule has 0 bridgehead atoms. The van der Waals surface area contributed by atoms with Crippen molar-refractivity contribution in [2.24, 2.45) is 0 Å². The second-order valence-corrected chi connectivity index (χ2v) is 5.63. The van der Waals surface area contributed by atoms with E-state index in [0.717, 1.165) is 5.56 Å². The second kappa shape index (κ2) is 7.29. The molecule has 1 amide bonds. The lowest BCUT2D eigenvalue weighted by atomic mass is 10.2. The summed E-state index contributed by atoms with van der Waals surface area (Å²) in [5.41, 5.74) is 1.70. The van der Waals surface area contributed by atoms with E-state index in [9.17, 15) is 9.59 Å². The maximum atomic E-state index is 11.9. The summed E-state index contributed by atoms with van der Waals surface area (Å²) in [7, 11) is 1.48. The van der Waals surface area contributed by atoms with Crippen molar-refractivity contribution in [1.29, 1.82) is 0 Å². The minimum absolute atomic E-state index is 0.375. The largest absolute Gasteiger partial charge is 0.495 e. The first-order valence-electron chi connectivity index (χ1n) is 6.34. The molecule has 0 saturated heterocycles. The number of benzene rings is 1. The average molecular weight is 340 g/mol. The first kappa shape index (κ1) is 16.3. The molecule has 1 aromatic carbocycles. The van der Waals surface area contributed by atoms with Crippen LogP contribution in [0.5, 0.6) is 5.75 Å². The summed E-state index contributed by atoms with van der Waals surface area (Å²) in [6, 6.07) is 4.94. The molecule has 0 fully saturated rings. The number of hydrogen-bond acceptors (Lipinski definition) is 5. The number of methoxy groups -OCH3 is 1. The Kier molecular flexibility index (Phi) is 5.41. The van der Waals surface area contributed by atoms with Crippen LogP contribution in [0.2, 0.25) is 5.02 Å². The maximum Gasteiger partial charge on any atom is 0.339 e. The van der Waals surface area contributed by atoms with E-state index in [1.807, 2.05) is 6.92 Å². The lowest BCUT2D eigenvalue weighted by molar-refractivity contribution is -0.119. The number of carbonyl (C=O) groups is 2. The molecule has 5 nitrogen and oxygen atoms in total. The van der Waals surface area contributed by atoms with Gasteiger partial charge in [0.2, 0.25) is 0 Å². The van der Waals surface area contributed by atoms with Crippen molar-refractivity contribution < 1.29 is 19.1 Å². The summed E-state index contributed by atoms with van der Waals surface area (Å²) in [6.07, 6.45) is 0. The summed E-state index contributed by atoms with van der Waals surface area (Å²) in [6.45, 7) is 1.44. The molecular weight excluding hydrogens is 326 g/mol. The van der Waals surface area contributed by atoms with Crippen molar-refractivity contribution in [3.05, 3.63) is 45.1 Å². The van der Waals surface area contributed by atoms with Gasteiger partial charge in [0.05, 0.1) is 18.4 Å². The Morgan fingerprint density at radius 2 is 2.14 bits per heavy atom. The van der Waals surface area contributed by atoms with Crippen molar-refractivity contribution in [3.63, 3.8) is 0 Å². The van der Waals surface area contributed by atoms with Crippen LogP contribution in [0, 0.1) is 6.92 Å². The highest BCUT2D eigenvalue weighted by Gasteiger charge is 2.13. The number of rotatable bonds is 5. The van der Waals surface area contributed by atoms with Crippen LogP contribution in [-0.2, 0) is 9.53 Å². The zero-order valence-electron chi connectivity index (χ0n) is 12.0. The standard InChI is InChI=1S/C15H14ClNO4S/c1-9-5-12(13(20-2)6-11(9)16)17-14(18)7-21-15(19)10-3-4-22-8-10/h3-6,8H,7H2,1-2H3,(H,17,18). The predicted octanol–water partition coefficient (Wildman–Crippen LogP) is 3.51. The number of anilines is 1. The first-order chi connectivity index (χ1) is 10.5. The number of halogens is 1. The minimum Gasteiger partial charge on any atom is -0.495 e. The van der Waals surface area contributed by atoms with Gasteiger partial charge in [-0.3, -0.25) is 4.79 Å². The number of esters is 1. The summed E-state index contributed by atoms with van der Waals surface area (Å²) in [5, 5.41) is 6.59. The zero-order chi connectivity index (χ0) is 16.1. The number of amides is 1. The third-order valence-corrected chi connectivity index (χ3v) is 3.94. The number of aryl methyl sites for hydroxylation is 1. The zero-order valence-corrected chi connectivity index (χ0v) is 13.6. The molecule has 7 heteroatoms. The van der Waals surface area contributed by atoms with E-state index in [1.165, 1.54) is 18.4 Å². The summed E-state index contributed by atoms with van der Waals surface area (Å²) >= 11 is 7.38. The first-order valence-corrected chi connectivity index (χ1v) is 7.66. The van der Waals surface area contributed by atoms with Gasteiger partial charge in [0, 0.05) is 16.5 Å². The van der Waals surface area contributed by atoms with Crippen LogP contribution in [0.15, 0.2) is 29.0 Å². The van der Waals surface area contributed by atoms with Crippen LogP contribution >= 0.6 is 22.9 Å². The Hall–Kier alpha value is -2.05. The highest BCUT2D eigenvalue weighted by atomic mass is 35.5. The fourth-order valence-electron chi connectivity index (χ4n) is 1.71. The SMILES string of the molecule is COc1cc(Cl)c(C)cc1NC(=O)COC(=O)c1ccsc1. The Balaban J connectivity index is 1.97. The molecule has 0 aliphatic carbocycles. The molecule has 0 spiro atoms. The molecule has 1 N–H and O–H groups in total. The molecule has 0 radical (unpaired) electrons. The number of nitrogens with one attached hydrogen (secondary N) is 1. The third kappa shape index (κ3) is 3.99. The van der Waals surface area contributed by atoms with Gasteiger partial charge in [-0.2, -0.15) is 11.3 Å². The summed E-state index contributed by atoms with van der Waals surface area (Å²) < 4.78 is 10.1. The molecule has 1 heterocycles. The molecule has 0 unspecified atom stereocenters. The Morgan fingerprint density at radius 3 is 2.77 bits per heavy atom. The minimum atomic E-state index is -0.532. The monoisotopic (exact) mass is 339 g/mol. The maximum absolute atomic E-state index is 11.9. The van der Waals surface area contributed by atoms with Crippen LogP contribution in [0.25, 0.3) is 0 Å². The lowest BCUT2D eigenvalue weighted by Crippen LogP contribution is -2.21. The molecule has 1 aromatic heterocycles. The van der Waals surface area contributed by atoms with Gasteiger partial charge >= 0.3 is 5.97 Å². The van der Waals surface area contributed by atoms with Crippen LogP contribution < -0.4 is 10.1 Å². The van der Waals surface area contributed by atoms with E-state index in [1.54, 1.807) is 29.0 Å². The predicted molar refractivity (Wildman–Crippen MR) is 86.0 cm³/mol. The fourth-order valence-corrected chi connectivity index (χ4v) is 2.49. The van der Waals surface area contributed by atoms with Gasteiger partial charge in [-0.15, -0.1) is 0 Å². The van der Waals surface area contributed by atoms with E-state index in [2.05, 4.69) is 5.32 Å². The molecular formula is C15H14ClNO4S. The molecule has 0 aliphatic rings. The van der Waals surface area contributed by atoms with E-state index in [4.69, 9.17) is 21.1 Å². The van der Waals surface area contributed by atoms with Gasteiger partial charge in [0.1, 0.15) is 5.75 Å². The van der Waals surface area contributed by atoms with Crippen molar-refractivity contribution in [2.75, 3.05) is 19.0 Å². The van der Waals surface area contributed by atoms with E-state index >= 15 is 0 Å². The van der Waals surface area contributed by atoms with Gasteiger partial charge in [-0.25, -0.2) is 4.79 Å². The van der Waals surface area contributed by atoms with E-state index in [-0.39, 0.29) is 6.61 Å². The van der Waals surface area contributed by atoms with Gasteiger partial charge in [-0.05, 0) is 30.0 Å². The Labute approximate surface area is 136 Å². The van der Waals surface area contributed by atoms with Crippen LogP contribution in [-0.4, -0.2) is 25.6 Å². The molecule has 22 heavy (non-hydrogen) atoms. The number of thiophene rings is 1. The van der Waals surface area contributed by atoms with E-state index < -0.39 is 11.9 Å². The molecule has 0 atom stereocenters. The highest BCUT2D eigenvalue weighted by Crippen LogP contribution is 2.30. The summed E-state index contributed by atoms with van der Waals surface area (Å²) in [5.74, 6) is -0.549. The van der Waals surface area contributed by atoms with Crippen molar-refractivity contribution in [3.8, 4) is 5.75 Å². The average Bonchev–Trinajstić information content (AvgIpc) is 3.02. The smallest absolute Gasteiger partial charge is 0.339 e. The summed E-state index contributed by atoms with van der Waals surface area (Å²) in [4.78, 5) is 23.5. The van der Waals surface area contributed by atoms with E-state index in [0.29, 0.717) is 22.0 Å². The van der Waals surface area contributed by atoms with Crippen molar-refractivity contribution in [1.82, 2.24) is 0 Å². The third-order valence-electron chi connectivity index (χ3n) is 2.85. The quantitative estimate of drug-likeness (QED) is 0.846. The molecule has 0 aliphatic heterocycles. The lowest BCUT2D eigenvalue weighted by Gasteiger charge is -2.12. The van der Waals surface area contributed by atoms with Gasteiger partial charge in [0.25, 0.3) is 5.91 Å². The van der Waals surface area contributed by atoms with Crippen LogP contribution in [0.3, 0.4) is 0 Å². The Bertz CT molecular complexity index is 685. The van der Waals surface area contributed by atoms with Gasteiger partial charge in [0.15, 0.2) is 6.61 Å². The van der Waals surface area contributed by atoms with Crippen LogP contribution in [0.4, 0.5) is 5.69 Å².